The first-order chi connectivity index (χ1) is 9.22. The number of carbonyl (C=O) groups is 1. The van der Waals surface area contributed by atoms with Gasteiger partial charge in [-0.1, -0.05) is 12.1 Å². The van der Waals surface area contributed by atoms with Crippen molar-refractivity contribution >= 4 is 23.2 Å². The second kappa shape index (κ2) is 5.98. The first-order valence-corrected chi connectivity index (χ1v) is 6.09. The zero-order valence-electron chi connectivity index (χ0n) is 9.93. The van der Waals surface area contributed by atoms with Crippen molar-refractivity contribution in [3.8, 4) is 6.07 Å². The van der Waals surface area contributed by atoms with Crippen LogP contribution < -0.4 is 5.32 Å². The fourth-order valence-corrected chi connectivity index (χ4v) is 1.64. The van der Waals surface area contributed by atoms with Gasteiger partial charge in [0.25, 0.3) is 5.91 Å². The average Bonchev–Trinajstić information content (AvgIpc) is 2.48. The first kappa shape index (κ1) is 13.1. The summed E-state index contributed by atoms with van der Waals surface area (Å²) >= 11 is 5.69. The highest BCUT2D eigenvalue weighted by molar-refractivity contribution is 6.17. The molecule has 0 bridgehead atoms. The van der Waals surface area contributed by atoms with Crippen LogP contribution in [0.5, 0.6) is 0 Å². The van der Waals surface area contributed by atoms with Gasteiger partial charge in [-0.3, -0.25) is 4.79 Å². The largest absolute Gasteiger partial charge is 0.321 e. The molecular weight excluding hydrogens is 262 g/mol. The monoisotopic (exact) mass is 271 g/mol. The molecule has 0 saturated carbocycles. The zero-order valence-corrected chi connectivity index (χ0v) is 10.7. The number of amides is 1. The molecule has 4 nitrogen and oxygen atoms in total. The molecule has 94 valence electrons. The van der Waals surface area contributed by atoms with Crippen molar-refractivity contribution in [2.24, 2.45) is 0 Å². The SMILES string of the molecule is N#Cc1ccc(C(=O)Nc2ccc(CCl)cc2)nc1. The number of carbonyl (C=O) groups excluding carboxylic acids is 1. The van der Waals surface area contributed by atoms with E-state index < -0.39 is 0 Å². The number of aromatic nitrogens is 1. The number of hydrogen-bond donors (Lipinski definition) is 1. The van der Waals surface area contributed by atoms with Crippen molar-refractivity contribution in [2.75, 3.05) is 5.32 Å². The second-order valence-electron chi connectivity index (χ2n) is 3.83. The number of anilines is 1. The van der Waals surface area contributed by atoms with Crippen molar-refractivity contribution in [1.29, 1.82) is 5.26 Å². The molecule has 1 aromatic heterocycles. The maximum Gasteiger partial charge on any atom is 0.274 e. The van der Waals surface area contributed by atoms with Gasteiger partial charge in [0.05, 0.1) is 5.56 Å². The van der Waals surface area contributed by atoms with Crippen LogP contribution in [-0.4, -0.2) is 10.9 Å². The highest BCUT2D eigenvalue weighted by Crippen LogP contribution is 2.12. The molecule has 2 rings (SSSR count). The van der Waals surface area contributed by atoms with Gasteiger partial charge in [0.15, 0.2) is 0 Å². The molecule has 0 atom stereocenters. The van der Waals surface area contributed by atoms with E-state index in [1.165, 1.54) is 12.3 Å². The lowest BCUT2D eigenvalue weighted by molar-refractivity contribution is 0.102. The van der Waals surface area contributed by atoms with Gasteiger partial charge in [-0.25, -0.2) is 4.98 Å². The molecule has 0 fully saturated rings. The minimum Gasteiger partial charge on any atom is -0.321 e. The average molecular weight is 272 g/mol. The summed E-state index contributed by atoms with van der Waals surface area (Å²) < 4.78 is 0. The van der Waals surface area contributed by atoms with E-state index in [0.29, 0.717) is 17.1 Å². The maximum absolute atomic E-state index is 11.9. The van der Waals surface area contributed by atoms with Gasteiger partial charge in [-0.05, 0) is 29.8 Å². The van der Waals surface area contributed by atoms with Crippen LogP contribution in [-0.2, 0) is 5.88 Å². The normalized spacial score (nSPS) is 9.68. The van der Waals surface area contributed by atoms with Crippen LogP contribution in [0, 0.1) is 11.3 Å². The summed E-state index contributed by atoms with van der Waals surface area (Å²) in [4.78, 5) is 15.8. The minimum absolute atomic E-state index is 0.264. The molecule has 19 heavy (non-hydrogen) atoms. The highest BCUT2D eigenvalue weighted by atomic mass is 35.5. The van der Waals surface area contributed by atoms with E-state index in [0.717, 1.165) is 5.56 Å². The Hall–Kier alpha value is -2.38. The lowest BCUT2D eigenvalue weighted by Gasteiger charge is -2.05. The Morgan fingerprint density at radius 2 is 2.00 bits per heavy atom. The number of halogens is 1. The van der Waals surface area contributed by atoms with Gasteiger partial charge in [-0.15, -0.1) is 11.6 Å². The third-order valence-electron chi connectivity index (χ3n) is 2.49. The quantitative estimate of drug-likeness (QED) is 0.873. The molecule has 0 aliphatic heterocycles. The molecule has 1 aromatic carbocycles. The Morgan fingerprint density at radius 1 is 1.26 bits per heavy atom. The maximum atomic E-state index is 11.9. The van der Waals surface area contributed by atoms with Gasteiger partial charge in [0.2, 0.25) is 0 Å². The molecule has 1 N–H and O–H groups in total. The predicted molar refractivity (Wildman–Crippen MR) is 72.9 cm³/mol. The molecule has 0 aliphatic carbocycles. The lowest BCUT2D eigenvalue weighted by Crippen LogP contribution is -2.13. The van der Waals surface area contributed by atoms with Crippen LogP contribution in [0.1, 0.15) is 21.6 Å². The molecule has 0 unspecified atom stereocenters. The van der Waals surface area contributed by atoms with Crippen molar-refractivity contribution < 1.29 is 4.79 Å². The summed E-state index contributed by atoms with van der Waals surface area (Å²) in [5.74, 6) is 0.119. The molecule has 0 saturated heterocycles. The van der Waals surface area contributed by atoms with E-state index in [2.05, 4.69) is 10.3 Å². The van der Waals surface area contributed by atoms with Gasteiger partial charge in [-0.2, -0.15) is 5.26 Å². The van der Waals surface area contributed by atoms with Gasteiger partial charge in [0.1, 0.15) is 11.8 Å². The number of alkyl halides is 1. The highest BCUT2D eigenvalue weighted by Gasteiger charge is 2.07. The van der Waals surface area contributed by atoms with Crippen LogP contribution in [0.15, 0.2) is 42.6 Å². The van der Waals surface area contributed by atoms with Crippen LogP contribution in [0.3, 0.4) is 0 Å². The van der Waals surface area contributed by atoms with Crippen LogP contribution >= 0.6 is 11.6 Å². The molecule has 0 aliphatic rings. The lowest BCUT2D eigenvalue weighted by atomic mass is 10.2. The molecule has 5 heteroatoms. The number of nitrogens with one attached hydrogen (secondary N) is 1. The van der Waals surface area contributed by atoms with Crippen LogP contribution in [0.4, 0.5) is 5.69 Å². The third-order valence-corrected chi connectivity index (χ3v) is 2.80. The number of pyridine rings is 1. The predicted octanol–water partition coefficient (Wildman–Crippen LogP) is 2.94. The number of nitriles is 1. The standard InChI is InChI=1S/C14H10ClN3O/c15-7-10-1-4-12(5-2-10)18-14(19)13-6-3-11(8-16)9-17-13/h1-6,9H,7H2,(H,18,19). The zero-order chi connectivity index (χ0) is 13.7. The molecule has 1 amide bonds. The summed E-state index contributed by atoms with van der Waals surface area (Å²) in [7, 11) is 0. The number of hydrogen-bond acceptors (Lipinski definition) is 3. The Balaban J connectivity index is 2.09. The van der Waals surface area contributed by atoms with E-state index in [9.17, 15) is 4.79 Å². The number of benzene rings is 1. The van der Waals surface area contributed by atoms with E-state index in [1.807, 2.05) is 18.2 Å². The van der Waals surface area contributed by atoms with E-state index >= 15 is 0 Å². The summed E-state index contributed by atoms with van der Waals surface area (Å²) in [5, 5.41) is 11.4. The van der Waals surface area contributed by atoms with Gasteiger partial charge in [0, 0.05) is 17.8 Å². The summed E-state index contributed by atoms with van der Waals surface area (Å²) in [6.45, 7) is 0. The Kier molecular flexibility index (Phi) is 4.11. The van der Waals surface area contributed by atoms with Crippen molar-refractivity contribution in [1.82, 2.24) is 4.98 Å². The summed E-state index contributed by atoms with van der Waals surface area (Å²) in [6, 6.07) is 12.3. The third kappa shape index (κ3) is 3.30. The molecular formula is C14H10ClN3O. The fourth-order valence-electron chi connectivity index (χ4n) is 1.47. The molecule has 0 radical (unpaired) electrons. The van der Waals surface area contributed by atoms with E-state index in [-0.39, 0.29) is 11.6 Å². The topological polar surface area (TPSA) is 65.8 Å². The van der Waals surface area contributed by atoms with E-state index in [1.54, 1.807) is 18.2 Å². The van der Waals surface area contributed by atoms with Gasteiger partial charge < -0.3 is 5.32 Å². The van der Waals surface area contributed by atoms with Crippen molar-refractivity contribution in [2.45, 2.75) is 5.88 Å². The van der Waals surface area contributed by atoms with Crippen molar-refractivity contribution in [3.63, 3.8) is 0 Å². The molecule has 1 heterocycles. The number of rotatable bonds is 3. The Bertz CT molecular complexity index is 615. The second-order valence-corrected chi connectivity index (χ2v) is 4.10. The minimum atomic E-state index is -0.317. The summed E-state index contributed by atoms with van der Waals surface area (Å²) in [5.41, 5.74) is 2.34. The fraction of sp³-hybridized carbons (Fsp3) is 0.0714. The van der Waals surface area contributed by atoms with Gasteiger partial charge >= 0.3 is 0 Å². The first-order valence-electron chi connectivity index (χ1n) is 5.55. The van der Waals surface area contributed by atoms with Crippen molar-refractivity contribution in [3.05, 3.63) is 59.4 Å². The number of nitrogens with zero attached hydrogens (tertiary/aromatic N) is 2. The van der Waals surface area contributed by atoms with E-state index in [4.69, 9.17) is 16.9 Å². The smallest absolute Gasteiger partial charge is 0.274 e. The van der Waals surface area contributed by atoms with Crippen LogP contribution in [0.25, 0.3) is 0 Å². The Morgan fingerprint density at radius 3 is 2.53 bits per heavy atom. The molecule has 0 spiro atoms. The molecule has 2 aromatic rings. The summed E-state index contributed by atoms with van der Waals surface area (Å²) in [6.07, 6.45) is 1.37. The van der Waals surface area contributed by atoms with Crippen LogP contribution in [0.2, 0.25) is 0 Å². The Labute approximate surface area is 115 Å².